The maximum absolute atomic E-state index is 12.5. The van der Waals surface area contributed by atoms with Gasteiger partial charge in [-0.15, -0.1) is 0 Å². The molecule has 25 heavy (non-hydrogen) atoms. The number of hydrogen-bond donors (Lipinski definition) is 0. The third-order valence-corrected chi connectivity index (χ3v) is 4.10. The fourth-order valence-electron chi connectivity index (χ4n) is 3.05. The van der Waals surface area contributed by atoms with E-state index in [0.717, 1.165) is 0 Å². The molecule has 1 amide bonds. The normalized spacial score (nSPS) is 20.4. The van der Waals surface area contributed by atoms with Gasteiger partial charge in [-0.25, -0.2) is 4.79 Å². The summed E-state index contributed by atoms with van der Waals surface area (Å²) in [4.78, 5) is 35.9. The predicted molar refractivity (Wildman–Crippen MR) is 86.7 cm³/mol. The van der Waals surface area contributed by atoms with Crippen molar-refractivity contribution in [3.05, 3.63) is 39.9 Å². The summed E-state index contributed by atoms with van der Waals surface area (Å²) < 4.78 is 5.31. The Labute approximate surface area is 145 Å². The maximum Gasteiger partial charge on any atom is 0.411 e. The van der Waals surface area contributed by atoms with Crippen molar-refractivity contribution in [1.82, 2.24) is 4.90 Å². The fraction of sp³-hybridized carbons (Fsp3) is 0.529. The second-order valence-corrected chi connectivity index (χ2v) is 7.16. The smallest absolute Gasteiger partial charge is 0.411 e. The van der Waals surface area contributed by atoms with Gasteiger partial charge in [0.2, 0.25) is 0 Å². The van der Waals surface area contributed by atoms with Crippen LogP contribution in [-0.4, -0.2) is 39.6 Å². The molecule has 1 fully saturated rings. The van der Waals surface area contributed by atoms with Gasteiger partial charge in [-0.1, -0.05) is 12.1 Å². The van der Waals surface area contributed by atoms with Crippen molar-refractivity contribution in [2.24, 2.45) is 0 Å². The first kappa shape index (κ1) is 18.7. The molecular formula is C17H21N2O6-. The van der Waals surface area contributed by atoms with Gasteiger partial charge in [0.05, 0.1) is 16.4 Å². The molecule has 0 saturated carbocycles. The zero-order valence-electron chi connectivity index (χ0n) is 14.5. The first-order chi connectivity index (χ1) is 11.5. The molecule has 1 aromatic carbocycles. The minimum atomic E-state index is -1.57. The molecule has 1 aliphatic heterocycles. The molecule has 8 heteroatoms. The van der Waals surface area contributed by atoms with Gasteiger partial charge in [0, 0.05) is 25.1 Å². The summed E-state index contributed by atoms with van der Waals surface area (Å²) in [6, 6.07) is 5.73. The maximum atomic E-state index is 12.5. The van der Waals surface area contributed by atoms with Crippen LogP contribution < -0.4 is 5.11 Å². The number of non-ortho nitro benzene ring substituents is 1. The number of carbonyl (C=O) groups is 2. The molecule has 1 atom stereocenters. The number of rotatable bonds is 4. The van der Waals surface area contributed by atoms with Crippen LogP contribution in [0.15, 0.2) is 24.3 Å². The lowest BCUT2D eigenvalue weighted by Crippen LogP contribution is -2.60. The Bertz CT molecular complexity index is 697. The highest BCUT2D eigenvalue weighted by Gasteiger charge is 2.46. The Morgan fingerprint density at radius 3 is 2.60 bits per heavy atom. The summed E-state index contributed by atoms with van der Waals surface area (Å²) in [6.45, 7) is 5.32. The average molecular weight is 349 g/mol. The van der Waals surface area contributed by atoms with E-state index in [2.05, 4.69) is 0 Å². The minimum absolute atomic E-state index is 0.0732. The van der Waals surface area contributed by atoms with Gasteiger partial charge in [0.1, 0.15) is 5.60 Å². The van der Waals surface area contributed by atoms with Gasteiger partial charge in [-0.05, 0) is 39.2 Å². The standard InChI is InChI=1S/C17H22N2O6/c1-16(2,3)25-15(22)18-9-5-8-17(18,14(20)21)11-12-6-4-7-13(10-12)19(23)24/h4,6-7,10H,5,8-9,11H2,1-3H3,(H,20,21)/p-1/t17-/m1/s1. The highest BCUT2D eigenvalue weighted by atomic mass is 16.6. The summed E-state index contributed by atoms with van der Waals surface area (Å²) in [5.74, 6) is -1.39. The number of carboxylic acid groups (broad SMARTS) is 1. The molecule has 0 unspecified atom stereocenters. The molecule has 1 aliphatic rings. The summed E-state index contributed by atoms with van der Waals surface area (Å²) in [5.41, 5.74) is -2.01. The number of nitrogens with zero attached hydrogens (tertiary/aromatic N) is 2. The molecule has 0 aliphatic carbocycles. The Morgan fingerprint density at radius 1 is 1.36 bits per heavy atom. The number of likely N-dealkylation sites (tertiary alicyclic amines) is 1. The van der Waals surface area contributed by atoms with Crippen LogP contribution >= 0.6 is 0 Å². The first-order valence-corrected chi connectivity index (χ1v) is 8.00. The van der Waals surface area contributed by atoms with Crippen molar-refractivity contribution < 1.29 is 24.4 Å². The monoisotopic (exact) mass is 349 g/mol. The largest absolute Gasteiger partial charge is 0.548 e. The molecule has 0 aromatic heterocycles. The van der Waals surface area contributed by atoms with Crippen LogP contribution in [0, 0.1) is 10.1 Å². The van der Waals surface area contributed by atoms with Crippen molar-refractivity contribution in [1.29, 1.82) is 0 Å². The number of nitro groups is 1. The molecule has 1 heterocycles. The second kappa shape index (κ2) is 6.70. The van der Waals surface area contributed by atoms with Crippen LogP contribution in [0.1, 0.15) is 39.2 Å². The van der Waals surface area contributed by atoms with E-state index in [-0.39, 0.29) is 25.1 Å². The Balaban J connectivity index is 2.34. The van der Waals surface area contributed by atoms with Crippen LogP contribution in [0.25, 0.3) is 0 Å². The number of carbonyl (C=O) groups excluding carboxylic acids is 2. The Hall–Kier alpha value is -2.64. The van der Waals surface area contributed by atoms with Gasteiger partial charge < -0.3 is 14.6 Å². The summed E-state index contributed by atoms with van der Waals surface area (Å²) in [6.07, 6.45) is -0.102. The molecule has 0 radical (unpaired) electrons. The lowest BCUT2D eigenvalue weighted by atomic mass is 9.88. The first-order valence-electron chi connectivity index (χ1n) is 8.00. The van der Waals surface area contributed by atoms with Gasteiger partial charge in [-0.2, -0.15) is 0 Å². The lowest BCUT2D eigenvalue weighted by Gasteiger charge is -2.40. The molecule has 1 aromatic rings. The van der Waals surface area contributed by atoms with Gasteiger partial charge in [0.15, 0.2) is 0 Å². The van der Waals surface area contributed by atoms with Gasteiger partial charge in [0.25, 0.3) is 5.69 Å². The second-order valence-electron chi connectivity index (χ2n) is 7.16. The zero-order chi connectivity index (χ0) is 18.8. The number of benzene rings is 1. The molecule has 0 spiro atoms. The van der Waals surface area contributed by atoms with Crippen LogP contribution in [0.4, 0.5) is 10.5 Å². The van der Waals surface area contributed by atoms with Crippen molar-refractivity contribution in [3.8, 4) is 0 Å². The van der Waals surface area contributed by atoms with E-state index in [1.165, 1.54) is 23.1 Å². The average Bonchev–Trinajstić information content (AvgIpc) is 2.91. The molecule has 2 rings (SSSR count). The third-order valence-electron chi connectivity index (χ3n) is 4.10. The number of hydrogen-bond acceptors (Lipinski definition) is 6. The summed E-state index contributed by atoms with van der Waals surface area (Å²) in [5, 5.41) is 22.9. The van der Waals surface area contributed by atoms with Gasteiger partial charge >= 0.3 is 6.09 Å². The van der Waals surface area contributed by atoms with E-state index in [1.54, 1.807) is 26.8 Å². The molecule has 136 valence electrons. The number of amides is 1. The molecular weight excluding hydrogens is 328 g/mol. The molecule has 0 bridgehead atoms. The lowest BCUT2D eigenvalue weighted by molar-refractivity contribution is -0.384. The van der Waals surface area contributed by atoms with E-state index in [4.69, 9.17) is 4.74 Å². The number of aliphatic carboxylic acids is 1. The van der Waals surface area contributed by atoms with E-state index in [0.29, 0.717) is 12.0 Å². The third kappa shape index (κ3) is 4.07. The van der Waals surface area contributed by atoms with Crippen molar-refractivity contribution >= 4 is 17.7 Å². The quantitative estimate of drug-likeness (QED) is 0.603. The van der Waals surface area contributed by atoms with Crippen LogP contribution in [0.3, 0.4) is 0 Å². The van der Waals surface area contributed by atoms with Crippen LogP contribution in [0.5, 0.6) is 0 Å². The number of ether oxygens (including phenoxy) is 1. The van der Waals surface area contributed by atoms with Crippen molar-refractivity contribution in [2.45, 2.75) is 51.2 Å². The number of nitro benzene ring substituents is 1. The highest BCUT2D eigenvalue weighted by Crippen LogP contribution is 2.34. The van der Waals surface area contributed by atoms with E-state index in [9.17, 15) is 24.8 Å². The van der Waals surface area contributed by atoms with E-state index in [1.807, 2.05) is 0 Å². The molecule has 0 N–H and O–H groups in total. The zero-order valence-corrected chi connectivity index (χ0v) is 14.5. The highest BCUT2D eigenvalue weighted by molar-refractivity contribution is 5.84. The Kier molecular flexibility index (Phi) is 5.01. The fourth-order valence-corrected chi connectivity index (χ4v) is 3.05. The minimum Gasteiger partial charge on any atom is -0.548 e. The van der Waals surface area contributed by atoms with Crippen LogP contribution in [0.2, 0.25) is 0 Å². The van der Waals surface area contributed by atoms with E-state index < -0.39 is 28.1 Å². The predicted octanol–water partition coefficient (Wildman–Crippen LogP) is 1.66. The molecule has 8 nitrogen and oxygen atoms in total. The van der Waals surface area contributed by atoms with Crippen molar-refractivity contribution in [2.75, 3.05) is 6.54 Å². The SMILES string of the molecule is CC(C)(C)OC(=O)N1CCC[C@@]1(Cc1cccc([N+](=O)[O-])c1)C(=O)[O-]. The summed E-state index contributed by atoms with van der Waals surface area (Å²) >= 11 is 0. The van der Waals surface area contributed by atoms with Crippen LogP contribution in [-0.2, 0) is 16.0 Å². The Morgan fingerprint density at radius 2 is 2.04 bits per heavy atom. The van der Waals surface area contributed by atoms with E-state index >= 15 is 0 Å². The summed E-state index contributed by atoms with van der Waals surface area (Å²) in [7, 11) is 0. The number of carboxylic acids is 1. The van der Waals surface area contributed by atoms with Gasteiger partial charge in [-0.3, -0.25) is 15.0 Å². The molecule has 1 saturated heterocycles. The van der Waals surface area contributed by atoms with Crippen molar-refractivity contribution in [3.63, 3.8) is 0 Å². The topological polar surface area (TPSA) is 113 Å².